The Kier molecular flexibility index (Phi) is 1.76. The van der Waals surface area contributed by atoms with Crippen molar-refractivity contribution in [2.75, 3.05) is 0 Å². The zero-order valence-electron chi connectivity index (χ0n) is 11.1. The molecule has 94 valence electrons. The molecule has 5 fully saturated rings. The minimum absolute atomic E-state index is 0.219. The van der Waals surface area contributed by atoms with Gasteiger partial charge in [0.05, 0.1) is 0 Å². The number of rotatable bonds is 3. The first kappa shape index (κ1) is 10.6. The van der Waals surface area contributed by atoms with E-state index in [1.807, 2.05) is 0 Å². The molecule has 5 rings (SSSR count). The van der Waals surface area contributed by atoms with E-state index in [1.54, 1.807) is 0 Å². The van der Waals surface area contributed by atoms with Crippen LogP contribution < -0.4 is 5.73 Å². The lowest BCUT2D eigenvalue weighted by molar-refractivity contribution is 0.103. The summed E-state index contributed by atoms with van der Waals surface area (Å²) in [5.74, 6) is 1.84. The van der Waals surface area contributed by atoms with Crippen LogP contribution in [0.1, 0.15) is 58.3 Å². The Morgan fingerprint density at radius 3 is 2.71 bits per heavy atom. The van der Waals surface area contributed by atoms with Crippen LogP contribution in [0.15, 0.2) is 12.2 Å². The van der Waals surface area contributed by atoms with E-state index in [0.29, 0.717) is 10.8 Å². The van der Waals surface area contributed by atoms with Crippen LogP contribution in [0.3, 0.4) is 0 Å². The molecule has 0 aromatic rings. The molecule has 0 aliphatic heterocycles. The summed E-state index contributed by atoms with van der Waals surface area (Å²) >= 11 is 0. The van der Waals surface area contributed by atoms with Crippen molar-refractivity contribution in [1.29, 1.82) is 0 Å². The van der Waals surface area contributed by atoms with Crippen molar-refractivity contribution in [2.24, 2.45) is 28.4 Å². The summed E-state index contributed by atoms with van der Waals surface area (Å²) in [7, 11) is 0. The Balaban J connectivity index is 1.55. The largest absolute Gasteiger partial charge is 0.325 e. The highest BCUT2D eigenvalue weighted by Crippen LogP contribution is 2.72. The summed E-state index contributed by atoms with van der Waals surface area (Å²) in [5, 5.41) is 0. The van der Waals surface area contributed by atoms with Gasteiger partial charge in [-0.25, -0.2) is 0 Å². The molecule has 1 nitrogen and oxygen atoms in total. The number of nitrogens with two attached hydrogens (primary N) is 1. The first-order chi connectivity index (χ1) is 7.92. The monoisotopic (exact) mass is 231 g/mol. The molecule has 0 spiro atoms. The van der Waals surface area contributed by atoms with Crippen molar-refractivity contribution < 1.29 is 0 Å². The molecule has 5 aliphatic carbocycles. The van der Waals surface area contributed by atoms with Crippen LogP contribution in [-0.2, 0) is 0 Å². The second-order valence-electron chi connectivity index (χ2n) is 8.27. The molecule has 0 heterocycles. The van der Waals surface area contributed by atoms with E-state index in [1.165, 1.54) is 56.9 Å². The normalized spacial score (nSPS) is 59.1. The van der Waals surface area contributed by atoms with Crippen molar-refractivity contribution >= 4 is 0 Å². The average Bonchev–Trinajstić information content (AvgIpc) is 2.78. The Labute approximate surface area is 105 Å². The van der Waals surface area contributed by atoms with Crippen LogP contribution in [0.2, 0.25) is 0 Å². The second-order valence-corrected chi connectivity index (χ2v) is 8.27. The third kappa shape index (κ3) is 1.41. The molecule has 4 bridgehead atoms. The highest BCUT2D eigenvalue weighted by Gasteiger charge is 2.66. The van der Waals surface area contributed by atoms with E-state index in [4.69, 9.17) is 5.73 Å². The van der Waals surface area contributed by atoms with E-state index < -0.39 is 0 Å². The fraction of sp³-hybridized carbons (Fsp3) is 0.875. The maximum absolute atomic E-state index is 6.62. The zero-order chi connectivity index (χ0) is 11.9. The summed E-state index contributed by atoms with van der Waals surface area (Å²) in [6.07, 6.45) is 11.1. The van der Waals surface area contributed by atoms with Crippen molar-refractivity contribution in [3.63, 3.8) is 0 Å². The van der Waals surface area contributed by atoms with Gasteiger partial charge in [-0.3, -0.25) is 0 Å². The van der Waals surface area contributed by atoms with Crippen LogP contribution in [0, 0.1) is 22.7 Å². The van der Waals surface area contributed by atoms with Gasteiger partial charge in [-0.1, -0.05) is 19.1 Å². The topological polar surface area (TPSA) is 26.0 Å². The van der Waals surface area contributed by atoms with Gasteiger partial charge in [-0.2, -0.15) is 0 Å². The van der Waals surface area contributed by atoms with Gasteiger partial charge in [-0.05, 0) is 74.0 Å². The molecule has 5 aliphatic rings. The van der Waals surface area contributed by atoms with Gasteiger partial charge in [-0.15, -0.1) is 0 Å². The minimum Gasteiger partial charge on any atom is -0.325 e. The van der Waals surface area contributed by atoms with E-state index >= 15 is 0 Å². The van der Waals surface area contributed by atoms with E-state index in [0.717, 1.165) is 11.8 Å². The van der Waals surface area contributed by atoms with Crippen LogP contribution in [0.4, 0.5) is 0 Å². The molecule has 0 saturated heterocycles. The SMILES string of the molecule is C=C1CC1CCC12CC3(C)CC1CC(N)(C3)C2. The summed E-state index contributed by atoms with van der Waals surface area (Å²) < 4.78 is 0. The smallest absolute Gasteiger partial charge is 0.0167 e. The maximum atomic E-state index is 6.62. The number of hydrogen-bond donors (Lipinski definition) is 1. The predicted molar refractivity (Wildman–Crippen MR) is 70.5 cm³/mol. The zero-order valence-corrected chi connectivity index (χ0v) is 11.1. The molecule has 0 aromatic carbocycles. The molecule has 0 radical (unpaired) electrons. The molecular weight excluding hydrogens is 206 g/mol. The fourth-order valence-electron chi connectivity index (χ4n) is 6.16. The van der Waals surface area contributed by atoms with Gasteiger partial charge in [0.2, 0.25) is 0 Å². The molecule has 17 heavy (non-hydrogen) atoms. The van der Waals surface area contributed by atoms with E-state index in [9.17, 15) is 0 Å². The Hall–Kier alpha value is -0.300. The Morgan fingerprint density at radius 1 is 1.29 bits per heavy atom. The molecule has 0 aromatic heterocycles. The quantitative estimate of drug-likeness (QED) is 0.737. The van der Waals surface area contributed by atoms with Gasteiger partial charge in [0.25, 0.3) is 0 Å². The van der Waals surface area contributed by atoms with Crippen molar-refractivity contribution in [3.05, 3.63) is 12.2 Å². The predicted octanol–water partition coefficient (Wildman–Crippen LogP) is 3.64. The van der Waals surface area contributed by atoms with Crippen LogP contribution in [0.25, 0.3) is 0 Å². The lowest BCUT2D eigenvalue weighted by atomic mass is 9.64. The van der Waals surface area contributed by atoms with Crippen LogP contribution in [0.5, 0.6) is 0 Å². The molecule has 0 amide bonds. The second kappa shape index (κ2) is 2.82. The average molecular weight is 231 g/mol. The highest BCUT2D eigenvalue weighted by atomic mass is 14.9. The van der Waals surface area contributed by atoms with Crippen molar-refractivity contribution in [2.45, 2.75) is 63.8 Å². The van der Waals surface area contributed by atoms with Gasteiger partial charge in [0.15, 0.2) is 0 Å². The first-order valence-electron chi connectivity index (χ1n) is 7.39. The molecular formula is C16H25N. The fourth-order valence-corrected chi connectivity index (χ4v) is 6.16. The standard InChI is InChI=1S/C16H25N/c1-11-5-12(11)3-4-15-8-14(2)6-13(15)7-16(17,9-14)10-15/h12-13H,1,3-10,17H2,2H3. The highest BCUT2D eigenvalue weighted by molar-refractivity contribution is 5.22. The minimum atomic E-state index is 0.219. The van der Waals surface area contributed by atoms with Gasteiger partial charge in [0.1, 0.15) is 0 Å². The van der Waals surface area contributed by atoms with Crippen LogP contribution in [-0.4, -0.2) is 5.54 Å². The van der Waals surface area contributed by atoms with E-state index in [2.05, 4.69) is 13.5 Å². The number of allylic oxidation sites excluding steroid dienone is 1. The lowest BCUT2D eigenvalue weighted by Crippen LogP contribution is -2.47. The van der Waals surface area contributed by atoms with Crippen molar-refractivity contribution in [3.8, 4) is 0 Å². The first-order valence-corrected chi connectivity index (χ1v) is 7.39. The molecule has 5 atom stereocenters. The lowest BCUT2D eigenvalue weighted by Gasteiger charge is -2.44. The molecule has 5 unspecified atom stereocenters. The third-order valence-corrected chi connectivity index (χ3v) is 6.44. The van der Waals surface area contributed by atoms with E-state index in [-0.39, 0.29) is 5.54 Å². The molecule has 1 heteroatoms. The maximum Gasteiger partial charge on any atom is 0.0167 e. The van der Waals surface area contributed by atoms with Crippen molar-refractivity contribution in [1.82, 2.24) is 0 Å². The molecule has 5 saturated carbocycles. The third-order valence-electron chi connectivity index (χ3n) is 6.44. The Bertz CT molecular complexity index is 378. The van der Waals surface area contributed by atoms with Gasteiger partial charge in [0, 0.05) is 5.54 Å². The van der Waals surface area contributed by atoms with Gasteiger partial charge >= 0.3 is 0 Å². The Morgan fingerprint density at radius 2 is 2.06 bits per heavy atom. The molecule has 2 N–H and O–H groups in total. The summed E-state index contributed by atoms with van der Waals surface area (Å²) in [4.78, 5) is 0. The summed E-state index contributed by atoms with van der Waals surface area (Å²) in [5.41, 5.74) is 9.59. The number of hydrogen-bond acceptors (Lipinski definition) is 1. The summed E-state index contributed by atoms with van der Waals surface area (Å²) in [6, 6.07) is 0. The summed E-state index contributed by atoms with van der Waals surface area (Å²) in [6.45, 7) is 6.60. The van der Waals surface area contributed by atoms with Crippen LogP contribution >= 0.6 is 0 Å². The van der Waals surface area contributed by atoms with Gasteiger partial charge < -0.3 is 5.73 Å².